The predicted octanol–water partition coefficient (Wildman–Crippen LogP) is 5.85. The summed E-state index contributed by atoms with van der Waals surface area (Å²) in [5, 5.41) is 17.8. The van der Waals surface area contributed by atoms with E-state index in [1.165, 1.54) is 42.6 Å². The second kappa shape index (κ2) is 15.8. The van der Waals surface area contributed by atoms with Gasteiger partial charge in [0.25, 0.3) is 17.5 Å². The summed E-state index contributed by atoms with van der Waals surface area (Å²) in [6.07, 6.45) is 2.86. The first-order valence-electron chi connectivity index (χ1n) is 14.2. The zero-order chi connectivity index (χ0) is 33.9. The highest BCUT2D eigenvalue weighted by molar-refractivity contribution is 6.34. The molecule has 0 heterocycles. The maximum atomic E-state index is 13.2. The minimum Gasteiger partial charge on any atom is -0.490 e. The molecule has 0 aliphatic heterocycles. The lowest BCUT2D eigenvalue weighted by molar-refractivity contribution is -0.384. The van der Waals surface area contributed by atoms with Gasteiger partial charge in [0, 0.05) is 31.9 Å². The number of hydrogen-bond donors (Lipinski definition) is 2. The maximum absolute atomic E-state index is 13.2. The minimum atomic E-state index is -0.732. The van der Waals surface area contributed by atoms with E-state index in [1.807, 2.05) is 31.1 Å². The Morgan fingerprint density at radius 2 is 1.62 bits per heavy atom. The fourth-order valence-corrected chi connectivity index (χ4v) is 4.31. The Bertz CT molecular complexity index is 1840. The number of ether oxygens (including phenoxy) is 2. The van der Waals surface area contributed by atoms with Crippen LogP contribution in [0.3, 0.4) is 0 Å². The fraction of sp³-hybridized carbons (Fsp3) is 0.118. The van der Waals surface area contributed by atoms with Gasteiger partial charge in [0.05, 0.1) is 33.9 Å². The molecule has 4 rings (SSSR count). The third-order valence-corrected chi connectivity index (χ3v) is 6.83. The standard InChI is InChI=1S/C34H30ClN5O7/c1-4-46-31-20-23(11-18-30(31)47-34(43)24-12-16-26(17-13-24)40(44)45)21-36-38-33(42)29(19-22-9-14-25(15-10-22)39(2)3)37-32(41)27-7-5-6-8-28(27)35/h5-21H,4H2,1-3H3,(H,37,41)(H,38,42)/b29-19+,36-21+. The molecule has 0 saturated carbocycles. The van der Waals surface area contributed by atoms with E-state index in [4.69, 9.17) is 21.1 Å². The van der Waals surface area contributed by atoms with Crippen LogP contribution in [0, 0.1) is 10.1 Å². The molecule has 0 atom stereocenters. The van der Waals surface area contributed by atoms with Gasteiger partial charge in [-0.2, -0.15) is 5.10 Å². The lowest BCUT2D eigenvalue weighted by atomic mass is 10.1. The lowest BCUT2D eigenvalue weighted by Crippen LogP contribution is -2.33. The molecule has 47 heavy (non-hydrogen) atoms. The first-order chi connectivity index (χ1) is 22.5. The summed E-state index contributed by atoms with van der Waals surface area (Å²) in [5.74, 6) is -1.66. The molecule has 0 aromatic heterocycles. The Hall–Kier alpha value is -6.01. The van der Waals surface area contributed by atoms with Crippen molar-refractivity contribution in [2.75, 3.05) is 25.6 Å². The monoisotopic (exact) mass is 655 g/mol. The van der Waals surface area contributed by atoms with Gasteiger partial charge in [-0.1, -0.05) is 35.9 Å². The zero-order valence-corrected chi connectivity index (χ0v) is 26.4. The van der Waals surface area contributed by atoms with Gasteiger partial charge in [-0.15, -0.1) is 0 Å². The van der Waals surface area contributed by atoms with Crippen LogP contribution in [0.4, 0.5) is 11.4 Å². The van der Waals surface area contributed by atoms with Crippen molar-refractivity contribution in [1.82, 2.24) is 10.7 Å². The van der Waals surface area contributed by atoms with Crippen LogP contribution in [-0.2, 0) is 4.79 Å². The van der Waals surface area contributed by atoms with Crippen molar-refractivity contribution < 1.29 is 28.8 Å². The molecule has 0 aliphatic carbocycles. The van der Waals surface area contributed by atoms with Crippen LogP contribution in [0.15, 0.2) is 102 Å². The number of anilines is 1. The highest BCUT2D eigenvalue weighted by Gasteiger charge is 2.17. The maximum Gasteiger partial charge on any atom is 0.343 e. The molecule has 0 aliphatic rings. The molecule has 0 fully saturated rings. The smallest absolute Gasteiger partial charge is 0.343 e. The number of nitro groups is 1. The number of nitro benzene ring substituents is 1. The van der Waals surface area contributed by atoms with E-state index in [0.717, 1.165) is 5.69 Å². The number of non-ortho nitro benzene ring substituents is 1. The third-order valence-electron chi connectivity index (χ3n) is 6.50. The van der Waals surface area contributed by atoms with Crippen LogP contribution in [0.25, 0.3) is 6.08 Å². The number of amides is 2. The average molecular weight is 656 g/mol. The molecule has 2 N–H and O–H groups in total. The number of rotatable bonds is 12. The van der Waals surface area contributed by atoms with E-state index in [9.17, 15) is 24.5 Å². The SMILES string of the molecule is CCOc1cc(/C=N/NC(=O)/C(=C\c2ccc(N(C)C)cc2)NC(=O)c2ccccc2Cl)ccc1OC(=O)c1ccc([N+](=O)[O-])cc1. The van der Waals surface area contributed by atoms with Crippen molar-refractivity contribution in [3.63, 3.8) is 0 Å². The van der Waals surface area contributed by atoms with Gasteiger partial charge in [0.2, 0.25) is 0 Å². The van der Waals surface area contributed by atoms with E-state index in [1.54, 1.807) is 55.5 Å². The molecule has 0 bridgehead atoms. The molecule has 4 aromatic rings. The molecule has 0 saturated heterocycles. The Labute approximate surface area is 275 Å². The average Bonchev–Trinajstić information content (AvgIpc) is 3.06. The Kier molecular flexibility index (Phi) is 11.4. The van der Waals surface area contributed by atoms with Crippen LogP contribution in [-0.4, -0.2) is 49.6 Å². The molecule has 13 heteroatoms. The molecule has 0 unspecified atom stereocenters. The summed E-state index contributed by atoms with van der Waals surface area (Å²) in [6.45, 7) is 2.01. The molecule has 2 amide bonds. The number of hydrazone groups is 1. The molecule has 4 aromatic carbocycles. The van der Waals surface area contributed by atoms with E-state index >= 15 is 0 Å². The van der Waals surface area contributed by atoms with Gasteiger partial charge < -0.3 is 19.7 Å². The fourth-order valence-electron chi connectivity index (χ4n) is 4.09. The Morgan fingerprint density at radius 3 is 2.26 bits per heavy atom. The van der Waals surface area contributed by atoms with E-state index in [-0.39, 0.29) is 45.6 Å². The Balaban J connectivity index is 1.51. The van der Waals surface area contributed by atoms with Gasteiger partial charge >= 0.3 is 5.97 Å². The van der Waals surface area contributed by atoms with E-state index < -0.39 is 22.7 Å². The number of benzene rings is 4. The number of esters is 1. The molecular weight excluding hydrogens is 626 g/mol. The summed E-state index contributed by atoms with van der Waals surface area (Å²) in [5.41, 5.74) is 4.60. The predicted molar refractivity (Wildman–Crippen MR) is 179 cm³/mol. The summed E-state index contributed by atoms with van der Waals surface area (Å²) in [4.78, 5) is 51.1. The van der Waals surface area contributed by atoms with Gasteiger partial charge in [-0.3, -0.25) is 19.7 Å². The van der Waals surface area contributed by atoms with Crippen molar-refractivity contribution >= 4 is 53.0 Å². The summed E-state index contributed by atoms with van der Waals surface area (Å²) in [6, 6.07) is 23.4. The summed E-state index contributed by atoms with van der Waals surface area (Å²) < 4.78 is 11.1. The van der Waals surface area contributed by atoms with Crippen LogP contribution < -0.4 is 25.1 Å². The Morgan fingerprint density at radius 1 is 0.936 bits per heavy atom. The van der Waals surface area contributed by atoms with Crippen molar-refractivity contribution in [2.45, 2.75) is 6.92 Å². The van der Waals surface area contributed by atoms with Crippen molar-refractivity contribution in [2.24, 2.45) is 5.10 Å². The van der Waals surface area contributed by atoms with Crippen molar-refractivity contribution in [1.29, 1.82) is 0 Å². The number of nitrogens with one attached hydrogen (secondary N) is 2. The lowest BCUT2D eigenvalue weighted by Gasteiger charge is -2.13. The second-order valence-electron chi connectivity index (χ2n) is 10.0. The molecule has 240 valence electrons. The molecule has 0 spiro atoms. The van der Waals surface area contributed by atoms with E-state index in [2.05, 4.69) is 15.8 Å². The second-order valence-corrected chi connectivity index (χ2v) is 10.4. The number of carbonyl (C=O) groups excluding carboxylic acids is 3. The zero-order valence-electron chi connectivity index (χ0n) is 25.6. The minimum absolute atomic E-state index is 0.0758. The number of carbonyl (C=O) groups is 3. The van der Waals surface area contributed by atoms with Crippen LogP contribution >= 0.6 is 11.6 Å². The topological polar surface area (TPSA) is 152 Å². The van der Waals surface area contributed by atoms with Gasteiger partial charge in [-0.05, 0) is 78.7 Å². The molecule has 12 nitrogen and oxygen atoms in total. The van der Waals surface area contributed by atoms with Crippen molar-refractivity contribution in [3.05, 3.63) is 134 Å². The van der Waals surface area contributed by atoms with Crippen LogP contribution in [0.5, 0.6) is 11.5 Å². The molecular formula is C34H30ClN5O7. The van der Waals surface area contributed by atoms with Crippen molar-refractivity contribution in [3.8, 4) is 11.5 Å². The highest BCUT2D eigenvalue weighted by Crippen LogP contribution is 2.29. The summed E-state index contributed by atoms with van der Waals surface area (Å²) in [7, 11) is 3.82. The van der Waals surface area contributed by atoms with E-state index in [0.29, 0.717) is 11.1 Å². The summed E-state index contributed by atoms with van der Waals surface area (Å²) >= 11 is 6.19. The largest absolute Gasteiger partial charge is 0.490 e. The van der Waals surface area contributed by atoms with Gasteiger partial charge in [0.15, 0.2) is 11.5 Å². The van der Waals surface area contributed by atoms with Crippen LogP contribution in [0.1, 0.15) is 38.8 Å². The first kappa shape index (κ1) is 33.9. The normalized spacial score (nSPS) is 11.1. The first-order valence-corrected chi connectivity index (χ1v) is 14.6. The third kappa shape index (κ3) is 9.25. The quantitative estimate of drug-likeness (QED) is 0.0481. The van der Waals surface area contributed by atoms with Gasteiger partial charge in [-0.25, -0.2) is 10.2 Å². The van der Waals surface area contributed by atoms with Crippen LogP contribution in [0.2, 0.25) is 5.02 Å². The number of hydrogen-bond acceptors (Lipinski definition) is 9. The highest BCUT2D eigenvalue weighted by atomic mass is 35.5. The number of halogens is 1. The van der Waals surface area contributed by atoms with Gasteiger partial charge in [0.1, 0.15) is 5.70 Å². The molecule has 0 radical (unpaired) electrons. The number of nitrogens with zero attached hydrogens (tertiary/aromatic N) is 3.